The van der Waals surface area contributed by atoms with Crippen LogP contribution in [-0.2, 0) is 6.61 Å². The number of hydrogen-bond donors (Lipinski definition) is 1. The molecule has 3 rings (SSSR count). The van der Waals surface area contributed by atoms with Crippen LogP contribution < -0.4 is 10.1 Å². The molecule has 0 bridgehead atoms. The van der Waals surface area contributed by atoms with Crippen LogP contribution in [0.15, 0.2) is 47.0 Å². The van der Waals surface area contributed by atoms with Crippen molar-refractivity contribution in [3.8, 4) is 5.75 Å². The molecule has 0 fully saturated rings. The van der Waals surface area contributed by atoms with Crippen LogP contribution in [0, 0.1) is 6.92 Å². The molecular formula is C18H13Cl3N2O3. The van der Waals surface area contributed by atoms with Crippen LogP contribution in [0.1, 0.15) is 21.8 Å². The van der Waals surface area contributed by atoms with E-state index in [4.69, 9.17) is 44.1 Å². The van der Waals surface area contributed by atoms with Gasteiger partial charge in [-0.1, -0.05) is 52.1 Å². The summed E-state index contributed by atoms with van der Waals surface area (Å²) in [5, 5.41) is 7.74. The number of aryl methyl sites for hydroxylation is 1. The SMILES string of the molecule is Cc1onc(C(=O)Nc2ccc(Cl)c(Cl)c2)c1COc1ccccc1Cl. The first kappa shape index (κ1) is 18.6. The molecule has 0 atom stereocenters. The van der Waals surface area contributed by atoms with Gasteiger partial charge in [-0.05, 0) is 37.3 Å². The second-order valence-corrected chi connectivity index (χ2v) is 6.59. The Kier molecular flexibility index (Phi) is 5.71. The lowest BCUT2D eigenvalue weighted by molar-refractivity contribution is 0.101. The van der Waals surface area contributed by atoms with E-state index in [2.05, 4.69) is 10.5 Å². The van der Waals surface area contributed by atoms with Gasteiger partial charge >= 0.3 is 0 Å². The number of aromatic nitrogens is 1. The summed E-state index contributed by atoms with van der Waals surface area (Å²) in [5.41, 5.74) is 1.14. The monoisotopic (exact) mass is 410 g/mol. The highest BCUT2D eigenvalue weighted by atomic mass is 35.5. The molecule has 0 aliphatic carbocycles. The van der Waals surface area contributed by atoms with Crippen LogP contribution in [0.3, 0.4) is 0 Å². The van der Waals surface area contributed by atoms with Gasteiger partial charge < -0.3 is 14.6 Å². The van der Waals surface area contributed by atoms with E-state index in [1.165, 1.54) is 0 Å². The Labute approximate surface area is 164 Å². The highest BCUT2D eigenvalue weighted by Gasteiger charge is 2.21. The molecule has 26 heavy (non-hydrogen) atoms. The molecule has 1 amide bonds. The first-order valence-electron chi connectivity index (χ1n) is 7.54. The van der Waals surface area contributed by atoms with E-state index in [0.29, 0.717) is 37.8 Å². The van der Waals surface area contributed by atoms with Crippen molar-refractivity contribution in [2.24, 2.45) is 0 Å². The number of ether oxygens (including phenoxy) is 1. The number of nitrogens with zero attached hydrogens (tertiary/aromatic N) is 1. The lowest BCUT2D eigenvalue weighted by Gasteiger charge is -2.09. The maximum Gasteiger partial charge on any atom is 0.278 e. The van der Waals surface area contributed by atoms with E-state index in [1.807, 2.05) is 0 Å². The van der Waals surface area contributed by atoms with Gasteiger partial charge in [0.2, 0.25) is 0 Å². The molecule has 5 nitrogen and oxygen atoms in total. The standard InChI is InChI=1S/C18H13Cl3N2O3/c1-10-12(9-25-16-5-3-2-4-14(16)20)17(23-26-10)18(24)22-11-6-7-13(19)15(21)8-11/h2-8H,9H2,1H3,(H,22,24). The summed E-state index contributed by atoms with van der Waals surface area (Å²) in [7, 11) is 0. The third-order valence-corrected chi connectivity index (χ3v) is 4.64. The van der Waals surface area contributed by atoms with E-state index in [0.717, 1.165) is 0 Å². The maximum atomic E-state index is 12.5. The lowest BCUT2D eigenvalue weighted by atomic mass is 10.2. The Morgan fingerprint density at radius 1 is 1.12 bits per heavy atom. The maximum absolute atomic E-state index is 12.5. The number of para-hydroxylation sites is 1. The second kappa shape index (κ2) is 7.99. The average molecular weight is 412 g/mol. The topological polar surface area (TPSA) is 64.4 Å². The Morgan fingerprint density at radius 3 is 2.62 bits per heavy atom. The summed E-state index contributed by atoms with van der Waals surface area (Å²) in [6.45, 7) is 1.79. The molecule has 0 spiro atoms. The van der Waals surface area contributed by atoms with Gasteiger partial charge in [0, 0.05) is 5.69 Å². The predicted octanol–water partition coefficient (Wildman–Crippen LogP) is 5.77. The van der Waals surface area contributed by atoms with Crippen molar-refractivity contribution < 1.29 is 14.1 Å². The lowest BCUT2D eigenvalue weighted by Crippen LogP contribution is -2.15. The molecule has 2 aromatic carbocycles. The molecule has 0 saturated heterocycles. The first-order chi connectivity index (χ1) is 12.5. The van der Waals surface area contributed by atoms with Gasteiger partial charge in [0.25, 0.3) is 5.91 Å². The van der Waals surface area contributed by atoms with E-state index < -0.39 is 5.91 Å². The minimum absolute atomic E-state index is 0.0865. The number of carbonyl (C=O) groups is 1. The summed E-state index contributed by atoms with van der Waals surface area (Å²) in [6.07, 6.45) is 0. The van der Waals surface area contributed by atoms with Crippen molar-refractivity contribution in [1.29, 1.82) is 0 Å². The second-order valence-electron chi connectivity index (χ2n) is 5.37. The van der Waals surface area contributed by atoms with E-state index in [-0.39, 0.29) is 12.3 Å². The van der Waals surface area contributed by atoms with Crippen molar-refractivity contribution in [2.45, 2.75) is 13.5 Å². The van der Waals surface area contributed by atoms with Gasteiger partial charge in [-0.25, -0.2) is 0 Å². The third-order valence-electron chi connectivity index (χ3n) is 3.59. The summed E-state index contributed by atoms with van der Waals surface area (Å²) in [4.78, 5) is 12.5. The number of benzene rings is 2. The molecular weight excluding hydrogens is 399 g/mol. The van der Waals surface area contributed by atoms with Gasteiger partial charge in [0.05, 0.1) is 20.6 Å². The Balaban J connectivity index is 1.77. The zero-order valence-electron chi connectivity index (χ0n) is 13.6. The summed E-state index contributed by atoms with van der Waals surface area (Å²) < 4.78 is 10.8. The Morgan fingerprint density at radius 2 is 1.88 bits per heavy atom. The molecule has 0 saturated carbocycles. The zero-order chi connectivity index (χ0) is 18.7. The average Bonchev–Trinajstić information content (AvgIpc) is 2.98. The molecule has 0 aliphatic rings. The van der Waals surface area contributed by atoms with Crippen molar-refractivity contribution in [2.75, 3.05) is 5.32 Å². The number of nitrogens with one attached hydrogen (secondary N) is 1. The van der Waals surface area contributed by atoms with Crippen molar-refractivity contribution in [1.82, 2.24) is 5.16 Å². The predicted molar refractivity (Wildman–Crippen MR) is 101 cm³/mol. The van der Waals surface area contributed by atoms with Crippen molar-refractivity contribution in [3.05, 3.63) is 74.6 Å². The number of carbonyl (C=O) groups excluding carboxylic acids is 1. The number of amides is 1. The van der Waals surface area contributed by atoms with E-state index in [1.54, 1.807) is 49.4 Å². The molecule has 0 radical (unpaired) electrons. The Hall–Kier alpha value is -2.21. The third kappa shape index (κ3) is 4.12. The van der Waals surface area contributed by atoms with Gasteiger partial charge in [-0.2, -0.15) is 0 Å². The fraction of sp³-hybridized carbons (Fsp3) is 0.111. The summed E-state index contributed by atoms with van der Waals surface area (Å²) >= 11 is 17.9. The van der Waals surface area contributed by atoms with Crippen LogP contribution in [-0.4, -0.2) is 11.1 Å². The molecule has 0 aliphatic heterocycles. The minimum Gasteiger partial charge on any atom is -0.487 e. The molecule has 134 valence electrons. The van der Waals surface area contributed by atoms with Crippen LogP contribution >= 0.6 is 34.8 Å². The van der Waals surface area contributed by atoms with Gasteiger partial charge in [-0.3, -0.25) is 4.79 Å². The van der Waals surface area contributed by atoms with Gasteiger partial charge in [0.15, 0.2) is 5.69 Å². The normalized spacial score (nSPS) is 10.6. The summed E-state index contributed by atoms with van der Waals surface area (Å²) in [5.74, 6) is 0.542. The molecule has 1 aromatic heterocycles. The fourth-order valence-electron chi connectivity index (χ4n) is 2.22. The molecule has 3 aromatic rings. The van der Waals surface area contributed by atoms with Crippen LogP contribution in [0.5, 0.6) is 5.75 Å². The molecule has 1 N–H and O–H groups in total. The van der Waals surface area contributed by atoms with Crippen LogP contribution in [0.2, 0.25) is 15.1 Å². The smallest absolute Gasteiger partial charge is 0.278 e. The fourth-order valence-corrected chi connectivity index (χ4v) is 2.70. The largest absolute Gasteiger partial charge is 0.487 e. The number of hydrogen-bond acceptors (Lipinski definition) is 4. The number of anilines is 1. The van der Waals surface area contributed by atoms with Gasteiger partial charge in [0.1, 0.15) is 18.1 Å². The summed E-state index contributed by atoms with van der Waals surface area (Å²) in [6, 6.07) is 11.8. The first-order valence-corrected chi connectivity index (χ1v) is 8.68. The van der Waals surface area contributed by atoms with Crippen molar-refractivity contribution >= 4 is 46.4 Å². The van der Waals surface area contributed by atoms with Crippen LogP contribution in [0.25, 0.3) is 0 Å². The quantitative estimate of drug-likeness (QED) is 0.578. The molecule has 0 unspecified atom stereocenters. The highest BCUT2D eigenvalue weighted by Crippen LogP contribution is 2.27. The van der Waals surface area contributed by atoms with Gasteiger partial charge in [-0.15, -0.1) is 0 Å². The minimum atomic E-state index is -0.446. The Bertz CT molecular complexity index is 957. The number of rotatable bonds is 5. The van der Waals surface area contributed by atoms with E-state index in [9.17, 15) is 4.79 Å². The zero-order valence-corrected chi connectivity index (χ0v) is 15.8. The molecule has 1 heterocycles. The van der Waals surface area contributed by atoms with Crippen LogP contribution in [0.4, 0.5) is 5.69 Å². The van der Waals surface area contributed by atoms with Crippen molar-refractivity contribution in [3.63, 3.8) is 0 Å². The van der Waals surface area contributed by atoms with E-state index >= 15 is 0 Å². The highest BCUT2D eigenvalue weighted by molar-refractivity contribution is 6.42. The molecule has 8 heteroatoms. The number of halogens is 3.